The van der Waals surface area contributed by atoms with Gasteiger partial charge in [-0.1, -0.05) is 12.1 Å². The molecule has 1 spiro atoms. The fourth-order valence-corrected chi connectivity index (χ4v) is 3.51. The Kier molecular flexibility index (Phi) is 7.45. The second kappa shape index (κ2) is 9.14. The average Bonchev–Trinajstić information content (AvgIpc) is 3.21. The molecule has 0 aliphatic carbocycles. The van der Waals surface area contributed by atoms with Gasteiger partial charge in [0.25, 0.3) is 0 Å². The zero-order valence-electron chi connectivity index (χ0n) is 14.6. The van der Waals surface area contributed by atoms with Crippen LogP contribution < -0.4 is 5.32 Å². The average molecular weight is 463 g/mol. The van der Waals surface area contributed by atoms with Crippen LogP contribution in [0.3, 0.4) is 0 Å². The number of halogens is 2. The quantitative estimate of drug-likeness (QED) is 0.410. The standard InChI is InChI=1S/C18H26FN3O2.HI/c1-2-20-17(22-8-6-18(12-22)7-9-24-13-18)21-11-16(23)14-4-3-5-15(19)10-14;/h3-5,10,16,23H,2,6-9,11-13H2,1H3,(H,20,21);1H. The lowest BCUT2D eigenvalue weighted by molar-refractivity contribution is 0.156. The van der Waals surface area contributed by atoms with E-state index in [1.165, 1.54) is 12.1 Å². The van der Waals surface area contributed by atoms with Crippen LogP contribution in [0.1, 0.15) is 31.4 Å². The van der Waals surface area contributed by atoms with E-state index in [-0.39, 0.29) is 41.8 Å². The number of guanidine groups is 1. The van der Waals surface area contributed by atoms with Crippen molar-refractivity contribution in [2.24, 2.45) is 10.4 Å². The van der Waals surface area contributed by atoms with Crippen LogP contribution >= 0.6 is 24.0 Å². The molecule has 2 heterocycles. The van der Waals surface area contributed by atoms with Crippen LogP contribution in [0.4, 0.5) is 4.39 Å². The van der Waals surface area contributed by atoms with Crippen molar-refractivity contribution in [1.29, 1.82) is 0 Å². The smallest absolute Gasteiger partial charge is 0.194 e. The number of rotatable bonds is 4. The first-order chi connectivity index (χ1) is 11.6. The minimum absolute atomic E-state index is 0. The highest BCUT2D eigenvalue weighted by atomic mass is 127. The molecule has 2 fully saturated rings. The van der Waals surface area contributed by atoms with E-state index in [1.54, 1.807) is 12.1 Å². The van der Waals surface area contributed by atoms with Gasteiger partial charge in [0.2, 0.25) is 0 Å². The molecule has 1 aromatic rings. The van der Waals surface area contributed by atoms with Crippen molar-refractivity contribution < 1.29 is 14.2 Å². The van der Waals surface area contributed by atoms with Crippen LogP contribution in [0.5, 0.6) is 0 Å². The monoisotopic (exact) mass is 463 g/mol. The van der Waals surface area contributed by atoms with Gasteiger partial charge in [-0.15, -0.1) is 24.0 Å². The molecule has 2 unspecified atom stereocenters. The third kappa shape index (κ3) is 5.04. The van der Waals surface area contributed by atoms with Gasteiger partial charge in [0.1, 0.15) is 5.82 Å². The lowest BCUT2D eigenvalue weighted by atomic mass is 9.87. The highest BCUT2D eigenvalue weighted by Crippen LogP contribution is 2.38. The van der Waals surface area contributed by atoms with E-state index in [0.29, 0.717) is 5.56 Å². The van der Waals surface area contributed by atoms with Crippen molar-refractivity contribution in [2.45, 2.75) is 25.9 Å². The summed E-state index contributed by atoms with van der Waals surface area (Å²) in [5.41, 5.74) is 0.814. The maximum atomic E-state index is 13.3. The summed E-state index contributed by atoms with van der Waals surface area (Å²) in [6.45, 7) is 6.58. The van der Waals surface area contributed by atoms with Gasteiger partial charge in [-0.3, -0.25) is 4.99 Å². The summed E-state index contributed by atoms with van der Waals surface area (Å²) in [6.07, 6.45) is 1.42. The Hall–Kier alpha value is -0.930. The number of benzene rings is 1. The largest absolute Gasteiger partial charge is 0.386 e. The lowest BCUT2D eigenvalue weighted by Crippen LogP contribution is -2.41. The van der Waals surface area contributed by atoms with Crippen LogP contribution in [-0.2, 0) is 4.74 Å². The third-order valence-corrected chi connectivity index (χ3v) is 4.91. The van der Waals surface area contributed by atoms with Crippen molar-refractivity contribution in [2.75, 3.05) is 39.4 Å². The molecule has 2 saturated heterocycles. The molecular weight excluding hydrogens is 436 g/mol. The van der Waals surface area contributed by atoms with Crippen LogP contribution in [0, 0.1) is 11.2 Å². The van der Waals surface area contributed by atoms with Crippen LogP contribution in [-0.4, -0.2) is 55.4 Å². The maximum Gasteiger partial charge on any atom is 0.194 e. The summed E-state index contributed by atoms with van der Waals surface area (Å²) in [4.78, 5) is 6.82. The molecule has 0 radical (unpaired) electrons. The van der Waals surface area contributed by atoms with Gasteiger partial charge >= 0.3 is 0 Å². The Morgan fingerprint density at radius 2 is 2.32 bits per heavy atom. The minimum Gasteiger partial charge on any atom is -0.386 e. The normalized spacial score (nSPS) is 24.4. The minimum atomic E-state index is -0.805. The molecule has 0 aromatic heterocycles. The molecular formula is C18H27FIN3O2. The summed E-state index contributed by atoms with van der Waals surface area (Å²) in [6, 6.07) is 6.05. The first-order valence-corrected chi connectivity index (χ1v) is 8.66. The summed E-state index contributed by atoms with van der Waals surface area (Å²) in [5, 5.41) is 13.6. The Labute approximate surface area is 165 Å². The van der Waals surface area contributed by atoms with E-state index < -0.39 is 6.10 Å². The Balaban J connectivity index is 0.00000225. The van der Waals surface area contributed by atoms with Crippen molar-refractivity contribution in [3.63, 3.8) is 0 Å². The molecule has 2 atom stereocenters. The molecule has 2 N–H and O–H groups in total. The van der Waals surface area contributed by atoms with Crippen LogP contribution in [0.15, 0.2) is 29.3 Å². The highest BCUT2D eigenvalue weighted by molar-refractivity contribution is 14.0. The fraction of sp³-hybridized carbons (Fsp3) is 0.611. The number of aliphatic hydroxyl groups excluding tert-OH is 1. The molecule has 1 aromatic carbocycles. The third-order valence-electron chi connectivity index (χ3n) is 4.91. The van der Waals surface area contributed by atoms with Gasteiger partial charge in [-0.25, -0.2) is 4.39 Å². The predicted octanol–water partition coefficient (Wildman–Crippen LogP) is 2.56. The molecule has 7 heteroatoms. The van der Waals surface area contributed by atoms with Gasteiger partial charge in [-0.2, -0.15) is 0 Å². The summed E-state index contributed by atoms with van der Waals surface area (Å²) in [5.74, 6) is 0.474. The number of hydrogen-bond donors (Lipinski definition) is 2. The first-order valence-electron chi connectivity index (χ1n) is 8.66. The molecule has 25 heavy (non-hydrogen) atoms. The molecule has 2 aliphatic heterocycles. The predicted molar refractivity (Wildman–Crippen MR) is 107 cm³/mol. The summed E-state index contributed by atoms with van der Waals surface area (Å²) in [7, 11) is 0. The molecule has 0 amide bonds. The van der Waals surface area contributed by atoms with E-state index in [9.17, 15) is 9.50 Å². The molecule has 140 valence electrons. The van der Waals surface area contributed by atoms with E-state index in [2.05, 4.69) is 15.2 Å². The van der Waals surface area contributed by atoms with E-state index in [0.717, 1.165) is 51.6 Å². The van der Waals surface area contributed by atoms with Crippen LogP contribution in [0.25, 0.3) is 0 Å². The number of nitrogens with one attached hydrogen (secondary N) is 1. The fourth-order valence-electron chi connectivity index (χ4n) is 3.51. The molecule has 2 aliphatic rings. The van der Waals surface area contributed by atoms with Crippen molar-refractivity contribution in [1.82, 2.24) is 10.2 Å². The number of ether oxygens (including phenoxy) is 1. The van der Waals surface area contributed by atoms with Crippen molar-refractivity contribution in [3.05, 3.63) is 35.6 Å². The van der Waals surface area contributed by atoms with E-state index in [4.69, 9.17) is 4.74 Å². The number of hydrogen-bond acceptors (Lipinski definition) is 3. The zero-order valence-corrected chi connectivity index (χ0v) is 16.9. The molecule has 5 nitrogen and oxygen atoms in total. The van der Waals surface area contributed by atoms with Crippen molar-refractivity contribution >= 4 is 29.9 Å². The number of likely N-dealkylation sites (tertiary alicyclic amines) is 1. The Bertz CT molecular complexity index is 593. The SMILES string of the molecule is CCNC(=NCC(O)c1cccc(F)c1)N1CCC2(CCOC2)C1.I. The first kappa shape index (κ1) is 20.4. The highest BCUT2D eigenvalue weighted by Gasteiger charge is 2.42. The lowest BCUT2D eigenvalue weighted by Gasteiger charge is -2.25. The summed E-state index contributed by atoms with van der Waals surface area (Å²) >= 11 is 0. The van der Waals surface area contributed by atoms with Gasteiger partial charge in [0.15, 0.2) is 5.96 Å². The van der Waals surface area contributed by atoms with E-state index in [1.807, 2.05) is 6.92 Å². The second-order valence-electron chi connectivity index (χ2n) is 6.74. The molecule has 0 saturated carbocycles. The van der Waals surface area contributed by atoms with Crippen molar-refractivity contribution in [3.8, 4) is 0 Å². The maximum absolute atomic E-state index is 13.3. The second-order valence-corrected chi connectivity index (χ2v) is 6.74. The Morgan fingerprint density at radius 3 is 3.00 bits per heavy atom. The molecule has 0 bridgehead atoms. The topological polar surface area (TPSA) is 57.1 Å². The van der Waals surface area contributed by atoms with Crippen LogP contribution in [0.2, 0.25) is 0 Å². The number of nitrogens with zero attached hydrogens (tertiary/aromatic N) is 2. The summed E-state index contributed by atoms with van der Waals surface area (Å²) < 4.78 is 18.9. The number of aliphatic imine (C=N–C) groups is 1. The zero-order chi connectivity index (χ0) is 17.0. The van der Waals surface area contributed by atoms with Gasteiger partial charge in [0.05, 0.1) is 19.3 Å². The van der Waals surface area contributed by atoms with E-state index >= 15 is 0 Å². The van der Waals surface area contributed by atoms with Gasteiger partial charge in [-0.05, 0) is 37.5 Å². The number of aliphatic hydroxyl groups is 1. The molecule has 3 rings (SSSR count). The Morgan fingerprint density at radius 1 is 1.48 bits per heavy atom. The van der Waals surface area contributed by atoms with Gasteiger partial charge in [0, 0.05) is 31.7 Å². The van der Waals surface area contributed by atoms with Gasteiger partial charge < -0.3 is 20.1 Å².